The van der Waals surface area contributed by atoms with Crippen LogP contribution in [0.25, 0.3) is 11.0 Å². The summed E-state index contributed by atoms with van der Waals surface area (Å²) in [5, 5.41) is 3.18. The van der Waals surface area contributed by atoms with Gasteiger partial charge in [0.15, 0.2) is 0 Å². The molecule has 1 fully saturated rings. The van der Waals surface area contributed by atoms with Gasteiger partial charge in [0, 0.05) is 0 Å². The standard InChI is InChI=1S/C21H31N4O2.3C4H9.Sn/c1-14(2)11-19-24-17-13-22-10-9-18(17)25(19)16-8-6-7-15(12-16)23-20(26)27-21(3,4)5;3*1-3-4-2;/h9,13-16H,6-8,11-12H2,1-5H3,(H,23,26);3*1,3-4H2,2H3;/t15-,16+;;;;/m0..../s1. The molecule has 1 saturated carbocycles. The van der Waals surface area contributed by atoms with Crippen molar-refractivity contribution in [3.05, 3.63) is 18.1 Å². The summed E-state index contributed by atoms with van der Waals surface area (Å²) in [6.45, 7) is 17.3. The molecule has 40 heavy (non-hydrogen) atoms. The number of unbranched alkanes of at least 4 members (excludes halogenated alkanes) is 3. The summed E-state index contributed by atoms with van der Waals surface area (Å²) in [6, 6.07) is 2.96. The maximum atomic E-state index is 12.6. The van der Waals surface area contributed by atoms with Crippen LogP contribution in [-0.2, 0) is 11.2 Å². The molecule has 0 unspecified atom stereocenters. The number of hydrogen-bond donors (Lipinski definition) is 1. The average molecular weight is 662 g/mol. The predicted molar refractivity (Wildman–Crippen MR) is 171 cm³/mol. The molecule has 1 N–H and O–H groups in total. The van der Waals surface area contributed by atoms with Gasteiger partial charge in [-0.15, -0.1) is 0 Å². The zero-order chi connectivity index (χ0) is 29.3. The van der Waals surface area contributed by atoms with Crippen LogP contribution >= 0.6 is 0 Å². The average Bonchev–Trinajstić information content (AvgIpc) is 3.24. The van der Waals surface area contributed by atoms with Crippen LogP contribution in [0.2, 0.25) is 13.3 Å². The molecular weight excluding hydrogens is 603 g/mol. The van der Waals surface area contributed by atoms with Crippen molar-refractivity contribution in [2.45, 2.75) is 157 Å². The molecule has 1 aliphatic carbocycles. The van der Waals surface area contributed by atoms with E-state index in [-0.39, 0.29) is 12.1 Å². The zero-order valence-corrected chi connectivity index (χ0v) is 29.8. The van der Waals surface area contributed by atoms with Gasteiger partial charge in [0.1, 0.15) is 0 Å². The fraction of sp³-hybridized carbons (Fsp3) is 0.788. The number of carbonyl (C=O) groups excluding carboxylic acids is 1. The van der Waals surface area contributed by atoms with E-state index >= 15 is 0 Å². The molecule has 6 nitrogen and oxygen atoms in total. The molecule has 7 heteroatoms. The van der Waals surface area contributed by atoms with Crippen molar-refractivity contribution >= 4 is 39.2 Å². The summed E-state index contributed by atoms with van der Waals surface area (Å²) in [5.41, 5.74) is 1.84. The van der Waals surface area contributed by atoms with Gasteiger partial charge in [0.25, 0.3) is 0 Å². The Morgan fingerprint density at radius 1 is 1.07 bits per heavy atom. The summed E-state index contributed by atoms with van der Waals surface area (Å²) < 4.78 is 13.9. The number of pyridine rings is 1. The van der Waals surface area contributed by atoms with Crippen molar-refractivity contribution in [3.8, 4) is 0 Å². The van der Waals surface area contributed by atoms with Gasteiger partial charge in [-0.3, -0.25) is 0 Å². The van der Waals surface area contributed by atoms with Gasteiger partial charge in [-0.2, -0.15) is 0 Å². The number of nitrogens with one attached hydrogen (secondary N) is 1. The topological polar surface area (TPSA) is 69.0 Å². The van der Waals surface area contributed by atoms with Gasteiger partial charge in [-0.1, -0.05) is 0 Å². The first-order valence-corrected chi connectivity index (χ1v) is 23.9. The second-order valence-electron chi connectivity index (χ2n) is 13.8. The molecule has 1 amide bonds. The van der Waals surface area contributed by atoms with Crippen molar-refractivity contribution in [2.24, 2.45) is 5.92 Å². The van der Waals surface area contributed by atoms with Crippen molar-refractivity contribution in [2.75, 3.05) is 0 Å². The van der Waals surface area contributed by atoms with E-state index in [1.807, 2.05) is 20.8 Å². The first-order chi connectivity index (χ1) is 19.0. The van der Waals surface area contributed by atoms with Gasteiger partial charge in [0.2, 0.25) is 0 Å². The zero-order valence-electron chi connectivity index (χ0n) is 26.9. The molecule has 0 radical (unpaired) electrons. The van der Waals surface area contributed by atoms with Gasteiger partial charge in [-0.05, 0) is 0 Å². The fourth-order valence-corrected chi connectivity index (χ4v) is 21.9. The van der Waals surface area contributed by atoms with E-state index < -0.39 is 24.0 Å². The van der Waals surface area contributed by atoms with E-state index in [0.717, 1.165) is 37.6 Å². The Labute approximate surface area is 248 Å². The van der Waals surface area contributed by atoms with E-state index in [1.165, 1.54) is 66.9 Å². The maximum absolute atomic E-state index is 12.6. The molecule has 0 bridgehead atoms. The first kappa shape index (κ1) is 33.2. The number of hydrogen-bond acceptors (Lipinski definition) is 4. The van der Waals surface area contributed by atoms with Gasteiger partial charge >= 0.3 is 250 Å². The van der Waals surface area contributed by atoms with Gasteiger partial charge < -0.3 is 0 Å². The first-order valence-electron chi connectivity index (χ1n) is 16.4. The monoisotopic (exact) mass is 662 g/mol. The Balaban J connectivity index is 2.03. The third-order valence-corrected chi connectivity index (χ3v) is 23.6. The number of aromatic nitrogens is 3. The van der Waals surface area contributed by atoms with Gasteiger partial charge in [0.05, 0.1) is 0 Å². The number of alkyl carbamates (subject to hydrolysis) is 1. The van der Waals surface area contributed by atoms with Crippen LogP contribution in [0, 0.1) is 5.92 Å². The number of rotatable bonds is 14. The Morgan fingerprint density at radius 3 is 2.25 bits per heavy atom. The number of ether oxygens (including phenoxy) is 1. The minimum absolute atomic E-state index is 0.121. The number of carbonyl (C=O) groups is 1. The molecule has 0 spiro atoms. The Hall–Kier alpha value is -1.31. The van der Waals surface area contributed by atoms with E-state index in [9.17, 15) is 4.79 Å². The Bertz CT molecular complexity index is 1050. The summed E-state index contributed by atoms with van der Waals surface area (Å²) in [6.07, 6.45) is 14.7. The quantitative estimate of drug-likeness (QED) is 0.206. The van der Waals surface area contributed by atoms with Crippen LogP contribution in [-0.4, -0.2) is 50.6 Å². The molecular formula is C33H58N4O2Sn. The molecule has 0 aliphatic heterocycles. The van der Waals surface area contributed by atoms with Crippen LogP contribution in [0.15, 0.2) is 12.3 Å². The molecule has 0 aromatic carbocycles. The SMILES string of the molecule is CCC[CH2][Sn]([CH2]CCC)([CH2]CCC)[c]1cc2c(cn1)nc(CC(C)C)n2[C@@H]1CCC[C@H](NC(=O)OC(C)(C)C)C1. The van der Waals surface area contributed by atoms with Crippen LogP contribution < -0.4 is 9.03 Å². The van der Waals surface area contributed by atoms with E-state index in [0.29, 0.717) is 12.0 Å². The second kappa shape index (κ2) is 15.2. The minimum atomic E-state index is -2.69. The predicted octanol–water partition coefficient (Wildman–Crippen LogP) is 8.69. The summed E-state index contributed by atoms with van der Waals surface area (Å²) in [7, 11) is 0. The second-order valence-corrected chi connectivity index (χ2v) is 26.9. The third kappa shape index (κ3) is 9.09. The van der Waals surface area contributed by atoms with Crippen molar-refractivity contribution < 1.29 is 9.53 Å². The number of imidazole rings is 1. The van der Waals surface area contributed by atoms with Crippen LogP contribution in [0.3, 0.4) is 0 Å². The number of amides is 1. The fourth-order valence-electron chi connectivity index (χ4n) is 6.56. The molecule has 2 atom stereocenters. The summed E-state index contributed by atoms with van der Waals surface area (Å²) >= 11 is -2.69. The summed E-state index contributed by atoms with van der Waals surface area (Å²) in [5.74, 6) is 1.71. The molecule has 2 heterocycles. The van der Waals surface area contributed by atoms with E-state index in [1.54, 1.807) is 0 Å². The molecule has 2 aromatic rings. The third-order valence-electron chi connectivity index (χ3n) is 8.54. The number of nitrogens with zero attached hydrogens (tertiary/aromatic N) is 3. The molecule has 2 aromatic heterocycles. The van der Waals surface area contributed by atoms with Crippen LogP contribution in [0.5, 0.6) is 0 Å². The molecule has 1 aliphatic rings. The normalized spacial score (nSPS) is 18.4. The summed E-state index contributed by atoms with van der Waals surface area (Å²) in [4.78, 5) is 23.0. The molecule has 226 valence electrons. The van der Waals surface area contributed by atoms with Crippen molar-refractivity contribution in [3.63, 3.8) is 0 Å². The Morgan fingerprint density at radius 2 is 1.70 bits per heavy atom. The van der Waals surface area contributed by atoms with E-state index in [4.69, 9.17) is 14.7 Å². The van der Waals surface area contributed by atoms with Crippen molar-refractivity contribution in [1.82, 2.24) is 19.9 Å². The molecule has 3 rings (SSSR count). The van der Waals surface area contributed by atoms with E-state index in [2.05, 4.69) is 56.8 Å². The van der Waals surface area contributed by atoms with Crippen molar-refractivity contribution in [1.29, 1.82) is 0 Å². The van der Waals surface area contributed by atoms with Crippen LogP contribution in [0.4, 0.5) is 4.79 Å². The Kier molecular flexibility index (Phi) is 12.7. The van der Waals surface area contributed by atoms with Gasteiger partial charge in [-0.25, -0.2) is 0 Å². The number of fused-ring (bicyclic) bond motifs is 1. The molecule has 0 saturated heterocycles. The van der Waals surface area contributed by atoms with Crippen LogP contribution in [0.1, 0.15) is 131 Å².